The van der Waals surface area contributed by atoms with Gasteiger partial charge in [-0.3, -0.25) is 15.0 Å². The van der Waals surface area contributed by atoms with E-state index in [4.69, 9.17) is 9.47 Å². The summed E-state index contributed by atoms with van der Waals surface area (Å²) in [6, 6.07) is 0.608. The van der Waals surface area contributed by atoms with E-state index in [-0.39, 0.29) is 12.0 Å². The smallest absolute Gasteiger partial charge is 0.327 e. The number of nitrogens with zero attached hydrogens (tertiary/aromatic N) is 1. The first-order chi connectivity index (χ1) is 9.42. The lowest BCUT2D eigenvalue weighted by molar-refractivity contribution is -0.153. The third-order valence-electron chi connectivity index (χ3n) is 3.67. The van der Waals surface area contributed by atoms with Gasteiger partial charge >= 0.3 is 5.97 Å². The van der Waals surface area contributed by atoms with Crippen molar-refractivity contribution < 1.29 is 14.3 Å². The lowest BCUT2D eigenvalue weighted by Gasteiger charge is -2.41. The Bertz CT molecular complexity index is 309. The zero-order valence-electron chi connectivity index (χ0n) is 13.6. The molecule has 1 fully saturated rings. The van der Waals surface area contributed by atoms with Crippen LogP contribution in [0.25, 0.3) is 0 Å². The monoisotopic (exact) mass is 286 g/mol. The average molecular weight is 286 g/mol. The maximum Gasteiger partial charge on any atom is 0.327 e. The third kappa shape index (κ3) is 4.72. The fourth-order valence-electron chi connectivity index (χ4n) is 2.78. The maximum atomic E-state index is 12.3. The number of morpholine rings is 1. The van der Waals surface area contributed by atoms with E-state index >= 15 is 0 Å². The Labute approximate surface area is 123 Å². The summed E-state index contributed by atoms with van der Waals surface area (Å²) in [5, 5.41) is 3.38. The Balaban J connectivity index is 2.79. The lowest BCUT2D eigenvalue weighted by atomic mass is 9.98. The molecule has 0 amide bonds. The summed E-state index contributed by atoms with van der Waals surface area (Å²) in [6.45, 7) is 13.5. The van der Waals surface area contributed by atoms with E-state index in [2.05, 4.69) is 17.1 Å². The molecular formula is C15H30N2O3. The minimum Gasteiger partial charge on any atom is -0.465 e. The summed E-state index contributed by atoms with van der Waals surface area (Å²) >= 11 is 0. The van der Waals surface area contributed by atoms with Crippen molar-refractivity contribution in [1.29, 1.82) is 0 Å². The molecule has 118 valence electrons. The Morgan fingerprint density at radius 2 is 2.20 bits per heavy atom. The van der Waals surface area contributed by atoms with Crippen molar-refractivity contribution >= 4 is 5.97 Å². The van der Waals surface area contributed by atoms with Crippen LogP contribution in [-0.2, 0) is 14.3 Å². The molecule has 0 spiro atoms. The summed E-state index contributed by atoms with van der Waals surface area (Å²) in [5.74, 6) is -0.171. The van der Waals surface area contributed by atoms with E-state index in [0.717, 1.165) is 26.2 Å². The van der Waals surface area contributed by atoms with Gasteiger partial charge in [-0.25, -0.2) is 0 Å². The molecule has 1 N–H and O–H groups in total. The van der Waals surface area contributed by atoms with E-state index in [1.165, 1.54) is 0 Å². The van der Waals surface area contributed by atoms with Crippen molar-refractivity contribution in [2.24, 2.45) is 0 Å². The summed E-state index contributed by atoms with van der Waals surface area (Å²) in [7, 11) is 0. The minimum absolute atomic E-state index is 0.171. The highest BCUT2D eigenvalue weighted by molar-refractivity contribution is 5.80. The molecule has 20 heavy (non-hydrogen) atoms. The van der Waals surface area contributed by atoms with Gasteiger partial charge in [-0.05, 0) is 34.1 Å². The van der Waals surface area contributed by atoms with E-state index in [0.29, 0.717) is 19.2 Å². The van der Waals surface area contributed by atoms with Crippen LogP contribution in [0.4, 0.5) is 0 Å². The number of carbonyl (C=O) groups excluding carboxylic acids is 1. The Morgan fingerprint density at radius 3 is 2.75 bits per heavy atom. The van der Waals surface area contributed by atoms with Gasteiger partial charge in [-0.2, -0.15) is 0 Å². The fraction of sp³-hybridized carbons (Fsp3) is 0.933. The number of nitrogens with one attached hydrogen (secondary N) is 1. The first-order valence-electron chi connectivity index (χ1n) is 7.69. The Hall–Kier alpha value is -0.650. The second-order valence-corrected chi connectivity index (χ2v) is 5.96. The average Bonchev–Trinajstić information content (AvgIpc) is 2.38. The van der Waals surface area contributed by atoms with Gasteiger partial charge in [0.15, 0.2) is 0 Å². The standard InChI is InChI=1S/C15H30N2O3/c1-6-13-10-19-9-8-17(13)11-15(5,16-12(3)4)14(18)20-7-2/h12-13,16H,6-11H2,1-5H3. The third-order valence-corrected chi connectivity index (χ3v) is 3.67. The molecule has 1 aliphatic heterocycles. The maximum absolute atomic E-state index is 12.3. The predicted octanol–water partition coefficient (Wildman–Crippen LogP) is 1.42. The predicted molar refractivity (Wildman–Crippen MR) is 79.8 cm³/mol. The van der Waals surface area contributed by atoms with Crippen LogP contribution in [0.1, 0.15) is 41.0 Å². The first-order valence-corrected chi connectivity index (χ1v) is 7.69. The molecule has 1 aliphatic rings. The van der Waals surface area contributed by atoms with Crippen molar-refractivity contribution in [3.05, 3.63) is 0 Å². The molecule has 0 aliphatic carbocycles. The number of carbonyl (C=O) groups is 1. The Kier molecular flexibility index (Phi) is 6.92. The van der Waals surface area contributed by atoms with E-state index < -0.39 is 5.54 Å². The summed E-state index contributed by atoms with van der Waals surface area (Å²) in [6.07, 6.45) is 1.03. The molecule has 5 heteroatoms. The van der Waals surface area contributed by atoms with Gasteiger partial charge in [0.25, 0.3) is 0 Å². The van der Waals surface area contributed by atoms with Crippen LogP contribution in [0.5, 0.6) is 0 Å². The van der Waals surface area contributed by atoms with Crippen LogP contribution in [0.2, 0.25) is 0 Å². The van der Waals surface area contributed by atoms with Crippen LogP contribution in [-0.4, -0.2) is 61.4 Å². The molecular weight excluding hydrogens is 256 g/mol. The van der Waals surface area contributed by atoms with E-state index in [9.17, 15) is 4.79 Å². The quantitative estimate of drug-likeness (QED) is 0.717. The van der Waals surface area contributed by atoms with Crippen molar-refractivity contribution in [3.8, 4) is 0 Å². The molecule has 0 radical (unpaired) electrons. The zero-order valence-corrected chi connectivity index (χ0v) is 13.6. The highest BCUT2D eigenvalue weighted by atomic mass is 16.5. The van der Waals surface area contributed by atoms with Gasteiger partial charge < -0.3 is 9.47 Å². The van der Waals surface area contributed by atoms with Crippen molar-refractivity contribution in [3.63, 3.8) is 0 Å². The van der Waals surface area contributed by atoms with Crippen LogP contribution in [0, 0.1) is 0 Å². The molecule has 1 rings (SSSR count). The summed E-state index contributed by atoms with van der Waals surface area (Å²) < 4.78 is 10.8. The van der Waals surface area contributed by atoms with Crippen LogP contribution in [0.15, 0.2) is 0 Å². The summed E-state index contributed by atoms with van der Waals surface area (Å²) in [4.78, 5) is 14.7. The topological polar surface area (TPSA) is 50.8 Å². The molecule has 5 nitrogen and oxygen atoms in total. The van der Waals surface area contributed by atoms with Gasteiger partial charge in [-0.15, -0.1) is 0 Å². The lowest BCUT2D eigenvalue weighted by Crippen LogP contribution is -2.62. The largest absolute Gasteiger partial charge is 0.465 e. The minimum atomic E-state index is -0.672. The van der Waals surface area contributed by atoms with Crippen molar-refractivity contribution in [2.45, 2.75) is 58.7 Å². The molecule has 0 aromatic heterocycles. The highest BCUT2D eigenvalue weighted by Crippen LogP contribution is 2.17. The van der Waals surface area contributed by atoms with Crippen LogP contribution >= 0.6 is 0 Å². The normalized spacial score (nSPS) is 23.6. The molecule has 2 unspecified atom stereocenters. The van der Waals surface area contributed by atoms with Gasteiger partial charge in [0.05, 0.1) is 19.8 Å². The summed E-state index contributed by atoms with van der Waals surface area (Å²) in [5.41, 5.74) is -0.672. The second-order valence-electron chi connectivity index (χ2n) is 5.96. The zero-order chi connectivity index (χ0) is 15.2. The van der Waals surface area contributed by atoms with Crippen LogP contribution < -0.4 is 5.32 Å². The van der Waals surface area contributed by atoms with Crippen molar-refractivity contribution in [1.82, 2.24) is 10.2 Å². The molecule has 0 aromatic carbocycles. The molecule has 0 saturated carbocycles. The van der Waals surface area contributed by atoms with Gasteiger partial charge in [0.1, 0.15) is 5.54 Å². The van der Waals surface area contributed by atoms with Crippen molar-refractivity contribution in [2.75, 3.05) is 32.9 Å². The number of hydrogen-bond acceptors (Lipinski definition) is 5. The number of esters is 1. The first kappa shape index (κ1) is 17.4. The number of hydrogen-bond donors (Lipinski definition) is 1. The molecule has 0 bridgehead atoms. The number of rotatable bonds is 7. The highest BCUT2D eigenvalue weighted by Gasteiger charge is 2.39. The van der Waals surface area contributed by atoms with E-state index in [1.54, 1.807) is 0 Å². The Morgan fingerprint density at radius 1 is 1.50 bits per heavy atom. The van der Waals surface area contributed by atoms with Crippen LogP contribution in [0.3, 0.4) is 0 Å². The number of ether oxygens (including phenoxy) is 2. The fourth-order valence-corrected chi connectivity index (χ4v) is 2.78. The van der Waals surface area contributed by atoms with E-state index in [1.807, 2.05) is 27.7 Å². The van der Waals surface area contributed by atoms with Gasteiger partial charge in [-0.1, -0.05) is 6.92 Å². The van der Waals surface area contributed by atoms with Gasteiger partial charge in [0, 0.05) is 25.2 Å². The molecule has 2 atom stereocenters. The second kappa shape index (κ2) is 7.96. The molecule has 0 aromatic rings. The molecule has 1 saturated heterocycles. The molecule has 1 heterocycles. The SMILES string of the molecule is CCOC(=O)C(C)(CN1CCOCC1CC)NC(C)C. The van der Waals surface area contributed by atoms with Gasteiger partial charge in [0.2, 0.25) is 0 Å².